The fraction of sp³-hybridized carbons (Fsp3) is 0.538. The van der Waals surface area contributed by atoms with Crippen molar-refractivity contribution in [3.63, 3.8) is 0 Å². The maximum absolute atomic E-state index is 13.6. The van der Waals surface area contributed by atoms with E-state index >= 15 is 0 Å². The van der Waals surface area contributed by atoms with Crippen molar-refractivity contribution >= 4 is 0 Å². The molecule has 0 aliphatic carbocycles. The van der Waals surface area contributed by atoms with Crippen LogP contribution in [-0.4, -0.2) is 47.4 Å². The van der Waals surface area contributed by atoms with E-state index in [-0.39, 0.29) is 6.61 Å². The largest absolute Gasteiger partial charge is 0.383 e. The number of halogens is 3. The Hall–Kier alpha value is -1.15. The van der Waals surface area contributed by atoms with E-state index in [1.165, 1.54) is 0 Å². The lowest BCUT2D eigenvalue weighted by Crippen LogP contribution is -2.61. The normalized spacial score (nSPS) is 33.0. The third-order valence-corrected chi connectivity index (χ3v) is 3.08. The number of alkyl halides is 3. The molecule has 0 aromatic heterocycles. The Labute approximate surface area is 113 Å². The third kappa shape index (κ3) is 3.12. The van der Waals surface area contributed by atoms with Gasteiger partial charge in [-0.1, -0.05) is 30.3 Å². The molecule has 1 aromatic carbocycles. The van der Waals surface area contributed by atoms with Gasteiger partial charge in [-0.15, -0.1) is 0 Å². The van der Waals surface area contributed by atoms with Crippen LogP contribution in [0.2, 0.25) is 0 Å². The van der Waals surface area contributed by atoms with E-state index < -0.39 is 37.2 Å². The summed E-state index contributed by atoms with van der Waals surface area (Å²) in [4.78, 5) is 0. The molecule has 20 heavy (non-hydrogen) atoms. The van der Waals surface area contributed by atoms with E-state index in [1.807, 2.05) is 0 Å². The van der Waals surface area contributed by atoms with Crippen LogP contribution in [0.5, 0.6) is 0 Å². The second-order valence-corrected chi connectivity index (χ2v) is 4.58. The quantitative estimate of drug-likeness (QED) is 0.877. The van der Waals surface area contributed by atoms with Crippen LogP contribution in [0.1, 0.15) is 5.56 Å². The van der Waals surface area contributed by atoms with E-state index in [9.17, 15) is 13.2 Å². The molecule has 0 saturated carbocycles. The molecule has 0 amide bonds. The van der Waals surface area contributed by atoms with E-state index in [0.717, 1.165) is 5.56 Å². The molecule has 1 aliphatic heterocycles. The molecular formula is C13H15F3O4. The second kappa shape index (κ2) is 6.09. The minimum absolute atomic E-state index is 0.0715. The van der Waals surface area contributed by atoms with Crippen LogP contribution < -0.4 is 0 Å². The predicted octanol–water partition coefficient (Wildman–Crippen LogP) is 1.25. The first kappa shape index (κ1) is 15.2. The summed E-state index contributed by atoms with van der Waals surface area (Å²) in [5, 5.41) is 18.3. The lowest BCUT2D eigenvalue weighted by atomic mass is 9.99. The Kier molecular flexibility index (Phi) is 4.64. The van der Waals surface area contributed by atoms with Gasteiger partial charge in [-0.25, -0.2) is 13.2 Å². The first-order valence-corrected chi connectivity index (χ1v) is 6.08. The summed E-state index contributed by atoms with van der Waals surface area (Å²) in [6.07, 6.45) is -9.15. The molecule has 7 heteroatoms. The Morgan fingerprint density at radius 2 is 1.85 bits per heavy atom. The van der Waals surface area contributed by atoms with Crippen molar-refractivity contribution in [1.29, 1.82) is 0 Å². The van der Waals surface area contributed by atoms with E-state index in [1.54, 1.807) is 30.3 Å². The number of benzene rings is 1. The van der Waals surface area contributed by atoms with Gasteiger partial charge in [0.05, 0.1) is 13.2 Å². The van der Waals surface area contributed by atoms with Crippen LogP contribution in [0.3, 0.4) is 0 Å². The molecule has 1 aliphatic rings. The lowest BCUT2D eigenvalue weighted by Gasteiger charge is -2.39. The summed E-state index contributed by atoms with van der Waals surface area (Å²) in [5.41, 5.74) is 0.774. The predicted molar refractivity (Wildman–Crippen MR) is 62.8 cm³/mol. The van der Waals surface area contributed by atoms with Crippen LogP contribution in [-0.2, 0) is 16.1 Å². The van der Waals surface area contributed by atoms with Crippen molar-refractivity contribution in [1.82, 2.24) is 0 Å². The molecule has 0 unspecified atom stereocenters. The maximum Gasteiger partial charge on any atom is 0.304 e. The molecule has 1 fully saturated rings. The number of hydrogen-bond acceptors (Lipinski definition) is 4. The minimum Gasteiger partial charge on any atom is -0.383 e. The third-order valence-electron chi connectivity index (χ3n) is 3.08. The van der Waals surface area contributed by atoms with Crippen LogP contribution in [0, 0.1) is 0 Å². The maximum atomic E-state index is 13.6. The summed E-state index contributed by atoms with van der Waals surface area (Å²) in [7, 11) is 0. The molecule has 1 saturated heterocycles. The van der Waals surface area contributed by atoms with Crippen molar-refractivity contribution < 1.29 is 32.9 Å². The Bertz CT molecular complexity index is 429. The number of aliphatic hydroxyl groups is 2. The van der Waals surface area contributed by atoms with Crippen molar-refractivity contribution in [2.75, 3.05) is 6.61 Å². The first-order chi connectivity index (χ1) is 9.43. The fourth-order valence-corrected chi connectivity index (χ4v) is 1.90. The Morgan fingerprint density at radius 1 is 1.20 bits per heavy atom. The van der Waals surface area contributed by atoms with E-state index in [0.29, 0.717) is 0 Å². The van der Waals surface area contributed by atoms with Crippen molar-refractivity contribution in [2.24, 2.45) is 0 Å². The van der Waals surface area contributed by atoms with Gasteiger partial charge in [-0.2, -0.15) is 0 Å². The number of rotatable bonds is 4. The molecule has 4 nitrogen and oxygen atoms in total. The fourth-order valence-electron chi connectivity index (χ4n) is 1.90. The van der Waals surface area contributed by atoms with Crippen LogP contribution in [0.25, 0.3) is 0 Å². The highest BCUT2D eigenvalue weighted by molar-refractivity contribution is 5.13. The van der Waals surface area contributed by atoms with Gasteiger partial charge in [-0.05, 0) is 5.56 Å². The van der Waals surface area contributed by atoms with Crippen molar-refractivity contribution in [3.05, 3.63) is 35.9 Å². The molecule has 0 radical (unpaired) electrons. The lowest BCUT2D eigenvalue weighted by molar-refractivity contribution is -0.325. The molecule has 2 N–H and O–H groups in total. The number of hydrogen-bond donors (Lipinski definition) is 2. The van der Waals surface area contributed by atoms with Crippen molar-refractivity contribution in [3.8, 4) is 0 Å². The zero-order valence-corrected chi connectivity index (χ0v) is 10.5. The van der Waals surface area contributed by atoms with Gasteiger partial charge >= 0.3 is 5.92 Å². The molecule has 0 bridgehead atoms. The summed E-state index contributed by atoms with van der Waals surface area (Å²) in [6.45, 7) is -0.495. The summed E-state index contributed by atoms with van der Waals surface area (Å²) in [6, 6.07) is 8.84. The SMILES string of the molecule is O[C@@H]1[C@H](F)[C@@H](O)O[C@H](COCc2ccccc2)C1(F)F. The molecular weight excluding hydrogens is 277 g/mol. The molecule has 2 rings (SSSR count). The minimum atomic E-state index is -3.82. The van der Waals surface area contributed by atoms with Gasteiger partial charge in [-0.3, -0.25) is 0 Å². The van der Waals surface area contributed by atoms with Crippen LogP contribution in [0.4, 0.5) is 13.2 Å². The first-order valence-electron chi connectivity index (χ1n) is 6.08. The molecule has 4 atom stereocenters. The summed E-state index contributed by atoms with van der Waals surface area (Å²) < 4.78 is 49.8. The van der Waals surface area contributed by atoms with Gasteiger partial charge in [0, 0.05) is 0 Å². The Balaban J connectivity index is 1.91. The Morgan fingerprint density at radius 3 is 2.50 bits per heavy atom. The standard InChI is InChI=1S/C13H15F3O4/c14-10-11(17)13(15,16)9(20-12(10)18)7-19-6-8-4-2-1-3-5-8/h1-5,9-12,17-18H,6-7H2/t9-,10+,11-,12+/m1/s1. The monoisotopic (exact) mass is 292 g/mol. The van der Waals surface area contributed by atoms with E-state index in [2.05, 4.69) is 4.74 Å². The highest BCUT2D eigenvalue weighted by Crippen LogP contribution is 2.35. The average Bonchev–Trinajstić information content (AvgIpc) is 2.44. The smallest absolute Gasteiger partial charge is 0.304 e. The van der Waals surface area contributed by atoms with Gasteiger partial charge in [0.15, 0.2) is 24.7 Å². The van der Waals surface area contributed by atoms with Gasteiger partial charge in [0.25, 0.3) is 0 Å². The van der Waals surface area contributed by atoms with Crippen LogP contribution >= 0.6 is 0 Å². The highest BCUT2D eigenvalue weighted by atomic mass is 19.3. The van der Waals surface area contributed by atoms with Gasteiger partial charge in [0.2, 0.25) is 0 Å². The average molecular weight is 292 g/mol. The number of ether oxygens (including phenoxy) is 2. The summed E-state index contributed by atoms with van der Waals surface area (Å²) in [5.74, 6) is -3.82. The van der Waals surface area contributed by atoms with Crippen LogP contribution in [0.15, 0.2) is 30.3 Å². The van der Waals surface area contributed by atoms with Gasteiger partial charge < -0.3 is 19.7 Å². The van der Waals surface area contributed by atoms with Crippen molar-refractivity contribution in [2.45, 2.75) is 37.2 Å². The second-order valence-electron chi connectivity index (χ2n) is 4.58. The summed E-state index contributed by atoms with van der Waals surface area (Å²) >= 11 is 0. The zero-order chi connectivity index (χ0) is 14.8. The topological polar surface area (TPSA) is 58.9 Å². The zero-order valence-electron chi connectivity index (χ0n) is 10.5. The van der Waals surface area contributed by atoms with Gasteiger partial charge in [0.1, 0.15) is 0 Å². The molecule has 112 valence electrons. The molecule has 1 heterocycles. The highest BCUT2D eigenvalue weighted by Gasteiger charge is 2.58. The molecule has 1 aromatic rings. The van der Waals surface area contributed by atoms with E-state index in [4.69, 9.17) is 14.9 Å². The number of aliphatic hydroxyl groups excluding tert-OH is 2. The molecule has 0 spiro atoms.